The highest BCUT2D eigenvalue weighted by atomic mass is 16.6. The Morgan fingerprint density at radius 1 is 1.33 bits per heavy atom. The summed E-state index contributed by atoms with van der Waals surface area (Å²) in [6.45, 7) is 5.83. The van der Waals surface area contributed by atoms with Gasteiger partial charge >= 0.3 is 6.09 Å². The number of carbonyl (C=O) groups is 1. The van der Waals surface area contributed by atoms with E-state index in [1.165, 1.54) is 0 Å². The minimum absolute atomic E-state index is 0.290. The fourth-order valence-corrected chi connectivity index (χ4v) is 2.02. The standard InChI is InChI=1S/C12H15NO2/c1-8-6-5-7-9-10(8)13(4)11(14)15-12(9,2)3/h5-7H,1-4H3. The molecule has 0 fully saturated rings. The van der Waals surface area contributed by atoms with Gasteiger partial charge in [0.2, 0.25) is 0 Å². The van der Waals surface area contributed by atoms with Gasteiger partial charge in [0, 0.05) is 12.6 Å². The smallest absolute Gasteiger partial charge is 0.414 e. The second-order valence-corrected chi connectivity index (χ2v) is 4.41. The molecular formula is C12H15NO2. The first kappa shape index (κ1) is 10.0. The molecule has 1 amide bonds. The molecule has 2 rings (SSSR count). The average Bonchev–Trinajstić information content (AvgIpc) is 2.14. The van der Waals surface area contributed by atoms with E-state index in [1.54, 1.807) is 11.9 Å². The summed E-state index contributed by atoms with van der Waals surface area (Å²) in [5.41, 5.74) is 2.59. The molecule has 0 aliphatic carbocycles. The van der Waals surface area contributed by atoms with Crippen molar-refractivity contribution in [3.63, 3.8) is 0 Å². The maximum atomic E-state index is 11.6. The third kappa shape index (κ3) is 1.39. The van der Waals surface area contributed by atoms with Crippen molar-refractivity contribution in [3.05, 3.63) is 29.3 Å². The fraction of sp³-hybridized carbons (Fsp3) is 0.417. The Kier molecular flexibility index (Phi) is 2.00. The van der Waals surface area contributed by atoms with Gasteiger partial charge in [0.15, 0.2) is 0 Å². The van der Waals surface area contributed by atoms with Gasteiger partial charge in [-0.2, -0.15) is 0 Å². The molecule has 1 aliphatic heterocycles. The summed E-state index contributed by atoms with van der Waals surface area (Å²) in [6, 6.07) is 6.00. The van der Waals surface area contributed by atoms with Gasteiger partial charge in [-0.05, 0) is 26.3 Å². The van der Waals surface area contributed by atoms with Crippen molar-refractivity contribution in [3.8, 4) is 0 Å². The number of hydrogen-bond donors (Lipinski definition) is 0. The molecule has 1 aromatic carbocycles. The van der Waals surface area contributed by atoms with Gasteiger partial charge < -0.3 is 4.74 Å². The lowest BCUT2D eigenvalue weighted by Crippen LogP contribution is -2.41. The number of ether oxygens (including phenoxy) is 1. The maximum absolute atomic E-state index is 11.6. The Bertz CT molecular complexity index is 424. The summed E-state index contributed by atoms with van der Waals surface area (Å²) in [7, 11) is 1.74. The molecule has 1 heterocycles. The number of anilines is 1. The first-order valence-corrected chi connectivity index (χ1v) is 5.00. The molecule has 0 saturated heterocycles. The summed E-state index contributed by atoms with van der Waals surface area (Å²) < 4.78 is 5.35. The van der Waals surface area contributed by atoms with Crippen molar-refractivity contribution in [2.45, 2.75) is 26.4 Å². The molecule has 0 bridgehead atoms. The van der Waals surface area contributed by atoms with E-state index in [2.05, 4.69) is 0 Å². The minimum atomic E-state index is -0.537. The molecule has 0 N–H and O–H groups in total. The number of fused-ring (bicyclic) bond motifs is 1. The quantitative estimate of drug-likeness (QED) is 0.651. The van der Waals surface area contributed by atoms with Crippen molar-refractivity contribution < 1.29 is 9.53 Å². The Morgan fingerprint density at radius 2 is 2.00 bits per heavy atom. The SMILES string of the molecule is Cc1cccc2c1N(C)C(=O)OC2(C)C. The monoisotopic (exact) mass is 205 g/mol. The summed E-state index contributed by atoms with van der Waals surface area (Å²) in [5.74, 6) is 0. The van der Waals surface area contributed by atoms with Crippen LogP contribution in [0.4, 0.5) is 10.5 Å². The zero-order chi connectivity index (χ0) is 11.2. The first-order chi connectivity index (χ1) is 6.93. The van der Waals surface area contributed by atoms with Crippen LogP contribution in [0.3, 0.4) is 0 Å². The van der Waals surface area contributed by atoms with Crippen LogP contribution in [0.2, 0.25) is 0 Å². The van der Waals surface area contributed by atoms with Crippen LogP contribution in [-0.4, -0.2) is 13.1 Å². The Morgan fingerprint density at radius 3 is 2.67 bits per heavy atom. The molecule has 0 saturated carbocycles. The van der Waals surface area contributed by atoms with Gasteiger partial charge in [-0.15, -0.1) is 0 Å². The van der Waals surface area contributed by atoms with Crippen molar-refractivity contribution in [2.24, 2.45) is 0 Å². The highest BCUT2D eigenvalue weighted by Crippen LogP contribution is 2.39. The molecule has 80 valence electrons. The van der Waals surface area contributed by atoms with E-state index in [-0.39, 0.29) is 6.09 Å². The van der Waals surface area contributed by atoms with E-state index in [1.807, 2.05) is 39.0 Å². The predicted molar refractivity (Wildman–Crippen MR) is 59.1 cm³/mol. The van der Waals surface area contributed by atoms with E-state index in [0.717, 1.165) is 16.8 Å². The normalized spacial score (nSPS) is 18.4. The molecule has 15 heavy (non-hydrogen) atoms. The van der Waals surface area contributed by atoms with E-state index < -0.39 is 5.60 Å². The zero-order valence-corrected chi connectivity index (χ0v) is 9.50. The van der Waals surface area contributed by atoms with Gasteiger partial charge in [0.1, 0.15) is 5.60 Å². The second kappa shape index (κ2) is 2.99. The summed E-state index contributed by atoms with van der Waals surface area (Å²) in [4.78, 5) is 13.2. The third-order valence-electron chi connectivity index (χ3n) is 2.84. The van der Waals surface area contributed by atoms with Crippen LogP contribution < -0.4 is 4.90 Å². The number of rotatable bonds is 0. The van der Waals surface area contributed by atoms with E-state index in [4.69, 9.17) is 4.74 Å². The van der Waals surface area contributed by atoms with Crippen LogP contribution in [0.15, 0.2) is 18.2 Å². The van der Waals surface area contributed by atoms with Crippen molar-refractivity contribution >= 4 is 11.8 Å². The molecular weight excluding hydrogens is 190 g/mol. The van der Waals surface area contributed by atoms with Crippen molar-refractivity contribution in [2.75, 3.05) is 11.9 Å². The lowest BCUT2D eigenvalue weighted by Gasteiger charge is -2.37. The molecule has 1 aromatic rings. The van der Waals surface area contributed by atoms with Gasteiger partial charge in [-0.3, -0.25) is 4.90 Å². The van der Waals surface area contributed by atoms with Gasteiger partial charge in [-0.1, -0.05) is 18.2 Å². The molecule has 0 spiro atoms. The molecule has 0 atom stereocenters. The Balaban J connectivity index is 2.69. The number of carbonyl (C=O) groups excluding carboxylic acids is 1. The highest BCUT2D eigenvalue weighted by molar-refractivity contribution is 5.92. The lowest BCUT2D eigenvalue weighted by molar-refractivity contribution is 0.0361. The zero-order valence-electron chi connectivity index (χ0n) is 9.50. The number of nitrogens with zero attached hydrogens (tertiary/aromatic N) is 1. The molecule has 0 radical (unpaired) electrons. The van der Waals surface area contributed by atoms with Crippen LogP contribution in [0.25, 0.3) is 0 Å². The second-order valence-electron chi connectivity index (χ2n) is 4.41. The maximum Gasteiger partial charge on any atom is 0.414 e. The lowest BCUT2D eigenvalue weighted by atomic mass is 9.92. The number of benzene rings is 1. The number of hydrogen-bond acceptors (Lipinski definition) is 2. The Labute approximate surface area is 89.7 Å². The fourth-order valence-electron chi connectivity index (χ4n) is 2.02. The highest BCUT2D eigenvalue weighted by Gasteiger charge is 2.37. The summed E-state index contributed by atoms with van der Waals surface area (Å²) in [5, 5.41) is 0. The van der Waals surface area contributed by atoms with Gasteiger partial charge in [0.05, 0.1) is 5.69 Å². The summed E-state index contributed by atoms with van der Waals surface area (Å²) >= 11 is 0. The molecule has 0 unspecified atom stereocenters. The van der Waals surface area contributed by atoms with Crippen LogP contribution in [0.1, 0.15) is 25.0 Å². The van der Waals surface area contributed by atoms with Gasteiger partial charge in [-0.25, -0.2) is 4.79 Å². The van der Waals surface area contributed by atoms with Crippen LogP contribution >= 0.6 is 0 Å². The minimum Gasteiger partial charge on any atom is -0.438 e. The summed E-state index contributed by atoms with van der Waals surface area (Å²) in [6.07, 6.45) is -0.290. The Hall–Kier alpha value is -1.51. The van der Waals surface area contributed by atoms with Crippen LogP contribution in [0, 0.1) is 6.92 Å². The van der Waals surface area contributed by atoms with Crippen LogP contribution in [0.5, 0.6) is 0 Å². The third-order valence-corrected chi connectivity index (χ3v) is 2.84. The van der Waals surface area contributed by atoms with E-state index in [0.29, 0.717) is 0 Å². The number of cyclic esters (lactones) is 1. The van der Waals surface area contributed by atoms with E-state index >= 15 is 0 Å². The van der Waals surface area contributed by atoms with Crippen molar-refractivity contribution in [1.29, 1.82) is 0 Å². The predicted octanol–water partition coefficient (Wildman–Crippen LogP) is 2.82. The topological polar surface area (TPSA) is 29.5 Å². The molecule has 3 heteroatoms. The molecule has 1 aliphatic rings. The van der Waals surface area contributed by atoms with E-state index in [9.17, 15) is 4.79 Å². The first-order valence-electron chi connectivity index (χ1n) is 5.00. The number of aryl methyl sites for hydroxylation is 1. The van der Waals surface area contributed by atoms with Crippen LogP contribution in [-0.2, 0) is 10.3 Å². The van der Waals surface area contributed by atoms with Gasteiger partial charge in [0.25, 0.3) is 0 Å². The molecule has 0 aromatic heterocycles. The largest absolute Gasteiger partial charge is 0.438 e. The van der Waals surface area contributed by atoms with Crippen molar-refractivity contribution in [1.82, 2.24) is 0 Å². The number of amides is 1. The number of para-hydroxylation sites is 1. The average molecular weight is 205 g/mol. The molecule has 3 nitrogen and oxygen atoms in total.